The van der Waals surface area contributed by atoms with E-state index in [9.17, 15) is 0 Å². The lowest BCUT2D eigenvalue weighted by Gasteiger charge is -2.04. The van der Waals surface area contributed by atoms with Crippen LogP contribution < -0.4 is 0 Å². The maximum absolute atomic E-state index is 5.65. The fourth-order valence-electron chi connectivity index (χ4n) is 0.910. The van der Waals surface area contributed by atoms with E-state index < -0.39 is 0 Å². The summed E-state index contributed by atoms with van der Waals surface area (Å²) in [6.07, 6.45) is 1.25. The maximum atomic E-state index is 5.65. The quantitative estimate of drug-likeness (QED) is 0.507. The van der Waals surface area contributed by atoms with Gasteiger partial charge in [-0.25, -0.2) is 0 Å². The van der Waals surface area contributed by atoms with Gasteiger partial charge < -0.3 is 0 Å². The van der Waals surface area contributed by atoms with Crippen molar-refractivity contribution in [1.82, 2.24) is 0 Å². The summed E-state index contributed by atoms with van der Waals surface area (Å²) in [5, 5.41) is 0. The van der Waals surface area contributed by atoms with E-state index in [1.54, 1.807) is 0 Å². The maximum Gasteiger partial charge on any atom is 0.0474 e. The zero-order chi connectivity index (χ0) is 11.0. The highest BCUT2D eigenvalue weighted by Gasteiger charge is 1.97. The van der Waals surface area contributed by atoms with E-state index in [1.165, 1.54) is 17.5 Å². The summed E-state index contributed by atoms with van der Waals surface area (Å²) in [6, 6.07) is 8.39. The molecule has 0 nitrogen and oxygen atoms in total. The second kappa shape index (κ2) is 8.26. The third-order valence-electron chi connectivity index (χ3n) is 1.66. The summed E-state index contributed by atoms with van der Waals surface area (Å²) < 4.78 is 0. The molecule has 0 spiro atoms. The molecule has 0 fully saturated rings. The third-order valence-corrected chi connectivity index (χ3v) is 2.35. The number of rotatable bonds is 2. The van der Waals surface area contributed by atoms with Crippen LogP contribution in [0.5, 0.6) is 0 Å². The fraction of sp³-hybridized carbons (Fsp3) is 0.500. The van der Waals surface area contributed by atoms with Gasteiger partial charge >= 0.3 is 0 Å². The summed E-state index contributed by atoms with van der Waals surface area (Å²) in [5.74, 6) is 0.603. The normalized spacial score (nSPS) is 11.5. The minimum absolute atomic E-state index is 0.527. The zero-order valence-corrected chi connectivity index (χ0v) is 11.2. The first-order valence-corrected chi connectivity index (χ1v) is 6.26. The van der Waals surface area contributed by atoms with Crippen LogP contribution >= 0.6 is 20.8 Å². The van der Waals surface area contributed by atoms with Gasteiger partial charge in [-0.2, -0.15) is 0 Å². The first kappa shape index (κ1) is 13.9. The largest absolute Gasteiger partial charge is 0.130 e. The molecule has 0 heterocycles. The predicted molar refractivity (Wildman–Crippen MR) is 70.1 cm³/mol. The van der Waals surface area contributed by atoms with Gasteiger partial charge in [-0.1, -0.05) is 51.5 Å². The molecule has 80 valence electrons. The Kier molecular flexibility index (Phi) is 8.23. The lowest BCUT2D eigenvalue weighted by atomic mass is 10.1. The lowest BCUT2D eigenvalue weighted by molar-refractivity contribution is 1.09. The van der Waals surface area contributed by atoms with E-state index in [2.05, 4.69) is 54.3 Å². The molecule has 0 aromatic heterocycles. The molecule has 1 rings (SSSR count). The molecule has 0 bridgehead atoms. The van der Waals surface area contributed by atoms with Gasteiger partial charge in [0, 0.05) is 5.88 Å². The van der Waals surface area contributed by atoms with Crippen LogP contribution in [-0.4, -0.2) is 0 Å². The molecule has 0 saturated carbocycles. The van der Waals surface area contributed by atoms with E-state index in [0.717, 1.165) is 0 Å². The molecule has 0 saturated heterocycles. The highest BCUT2D eigenvalue weighted by molar-refractivity contribution is 7.17. The minimum atomic E-state index is 0.527. The van der Waals surface area contributed by atoms with Crippen LogP contribution in [-0.2, 0) is 5.88 Å². The first-order valence-electron chi connectivity index (χ1n) is 5.06. The van der Waals surface area contributed by atoms with Crippen LogP contribution in [0, 0.1) is 0 Å². The topological polar surface area (TPSA) is 0 Å². The smallest absolute Gasteiger partial charge is 0.0474 e. The van der Waals surface area contributed by atoms with Gasteiger partial charge in [0.25, 0.3) is 0 Å². The molecular formula is C12H20ClP. The number of halogens is 1. The van der Waals surface area contributed by atoms with Gasteiger partial charge in [0.05, 0.1) is 0 Å². The van der Waals surface area contributed by atoms with Crippen LogP contribution in [0.4, 0.5) is 0 Å². The molecule has 1 aromatic rings. The number of hydrogen-bond acceptors (Lipinski definition) is 0. The molecule has 2 atom stereocenters. The second-order valence-electron chi connectivity index (χ2n) is 3.37. The molecule has 14 heavy (non-hydrogen) atoms. The Morgan fingerprint density at radius 2 is 1.64 bits per heavy atom. The average Bonchev–Trinajstić information content (AvgIpc) is 2.19. The minimum Gasteiger partial charge on any atom is -0.130 e. The summed E-state index contributed by atoms with van der Waals surface area (Å²) in [6.45, 7) is 6.40. The van der Waals surface area contributed by atoms with Crippen LogP contribution in [0.2, 0.25) is 0 Å². The molecule has 0 aliphatic heterocycles. The molecule has 0 N–H and O–H groups in total. The van der Waals surface area contributed by atoms with Crippen molar-refractivity contribution in [2.24, 2.45) is 0 Å². The van der Waals surface area contributed by atoms with Crippen molar-refractivity contribution in [3.8, 4) is 0 Å². The van der Waals surface area contributed by atoms with E-state index in [1.807, 2.05) is 0 Å². The van der Waals surface area contributed by atoms with Crippen molar-refractivity contribution in [2.75, 3.05) is 0 Å². The second-order valence-corrected chi connectivity index (χ2v) is 4.64. The van der Waals surface area contributed by atoms with Crippen molar-refractivity contribution >= 4 is 20.8 Å². The van der Waals surface area contributed by atoms with Crippen molar-refractivity contribution in [3.05, 3.63) is 35.4 Å². The molecule has 1 aromatic carbocycles. The molecular weight excluding hydrogens is 211 g/mol. The predicted octanol–water partition coefficient (Wildman–Crippen LogP) is 4.78. The van der Waals surface area contributed by atoms with Crippen molar-refractivity contribution < 1.29 is 0 Å². The summed E-state index contributed by atoms with van der Waals surface area (Å²) in [5.41, 5.74) is 3.05. The number of alkyl halides is 1. The Bertz CT molecular complexity index is 229. The molecule has 0 radical (unpaired) electrons. The number of hydrogen-bond donors (Lipinski definition) is 0. The standard InChI is InChI=1S/C9H12ClP.C3H8/c1-7(11)9-4-2-8(6-10)3-5-9;1-3-2/h2-5,7H,6,11H2,1H3;3H2,1-2H3. The Morgan fingerprint density at radius 1 is 1.21 bits per heavy atom. The Labute approximate surface area is 95.3 Å². The first-order chi connectivity index (χ1) is 6.65. The number of benzene rings is 1. The van der Waals surface area contributed by atoms with E-state index in [-0.39, 0.29) is 0 Å². The average molecular weight is 231 g/mol. The molecule has 2 heteroatoms. The summed E-state index contributed by atoms with van der Waals surface area (Å²) in [4.78, 5) is 0. The van der Waals surface area contributed by atoms with Crippen molar-refractivity contribution in [1.29, 1.82) is 0 Å². The highest BCUT2D eigenvalue weighted by Crippen LogP contribution is 2.21. The van der Waals surface area contributed by atoms with Crippen LogP contribution in [0.3, 0.4) is 0 Å². The van der Waals surface area contributed by atoms with Gasteiger partial charge in [0.2, 0.25) is 0 Å². The summed E-state index contributed by atoms with van der Waals surface area (Å²) in [7, 11) is 2.77. The lowest BCUT2D eigenvalue weighted by Crippen LogP contribution is -1.83. The fourth-order valence-corrected chi connectivity index (χ4v) is 1.31. The van der Waals surface area contributed by atoms with Gasteiger partial charge in [-0.15, -0.1) is 20.8 Å². The third kappa shape index (κ3) is 5.62. The summed E-state index contributed by atoms with van der Waals surface area (Å²) >= 11 is 5.65. The Hall–Kier alpha value is -0.0600. The van der Waals surface area contributed by atoms with E-state index >= 15 is 0 Å². The molecule has 0 amide bonds. The SMILES string of the molecule is CC(P)c1ccc(CCl)cc1.CCC. The molecule has 0 aliphatic carbocycles. The van der Waals surface area contributed by atoms with Gasteiger partial charge in [-0.3, -0.25) is 0 Å². The van der Waals surface area contributed by atoms with Gasteiger partial charge in [0.15, 0.2) is 0 Å². The molecule has 0 aliphatic rings. The van der Waals surface area contributed by atoms with Crippen LogP contribution in [0.15, 0.2) is 24.3 Å². The Morgan fingerprint density at radius 3 is 1.93 bits per heavy atom. The van der Waals surface area contributed by atoms with E-state index in [0.29, 0.717) is 11.5 Å². The van der Waals surface area contributed by atoms with Gasteiger partial charge in [0.1, 0.15) is 0 Å². The zero-order valence-electron chi connectivity index (χ0n) is 9.26. The highest BCUT2D eigenvalue weighted by atomic mass is 35.5. The van der Waals surface area contributed by atoms with Crippen molar-refractivity contribution in [3.63, 3.8) is 0 Å². The molecule has 2 unspecified atom stereocenters. The van der Waals surface area contributed by atoms with Crippen molar-refractivity contribution in [2.45, 2.75) is 38.7 Å². The monoisotopic (exact) mass is 230 g/mol. The van der Waals surface area contributed by atoms with Crippen LogP contribution in [0.1, 0.15) is 44.0 Å². The van der Waals surface area contributed by atoms with Crippen LogP contribution in [0.25, 0.3) is 0 Å². The Balaban J connectivity index is 0.000000500. The van der Waals surface area contributed by atoms with E-state index in [4.69, 9.17) is 11.6 Å². The van der Waals surface area contributed by atoms with Gasteiger partial charge in [-0.05, 0) is 16.8 Å².